The van der Waals surface area contributed by atoms with Gasteiger partial charge in [-0.05, 0) is 38.2 Å². The third kappa shape index (κ3) is 6.77. The Kier molecular flexibility index (Phi) is 5.82. The fraction of sp³-hybridized carbons (Fsp3) is 0.571. The van der Waals surface area contributed by atoms with Gasteiger partial charge in [-0.15, -0.1) is 0 Å². The summed E-state index contributed by atoms with van der Waals surface area (Å²) in [5, 5.41) is 0. The van der Waals surface area contributed by atoms with E-state index in [1.165, 1.54) is 17.4 Å². The topological polar surface area (TPSA) is 60.2 Å². The van der Waals surface area contributed by atoms with Crippen LogP contribution in [0.2, 0.25) is 0 Å². The fourth-order valence-electron chi connectivity index (χ4n) is 1.86. The highest BCUT2D eigenvalue weighted by Crippen LogP contribution is 2.09. The Morgan fingerprint density at radius 2 is 1.78 bits per heavy atom. The molecule has 0 saturated heterocycles. The van der Waals surface area contributed by atoms with E-state index in [9.17, 15) is 8.42 Å². The van der Waals surface area contributed by atoms with Crippen LogP contribution in [0, 0.1) is 6.92 Å². The molecule has 0 spiro atoms. The number of aryl methyl sites for hydroxylation is 2. The Morgan fingerprint density at radius 3 is 2.33 bits per heavy atom. The Hall–Kier alpha value is -0.870. The number of benzene rings is 1. The molecule has 0 aliphatic rings. The van der Waals surface area contributed by atoms with Gasteiger partial charge in [-0.25, -0.2) is 8.42 Å². The minimum Gasteiger partial charge on any atom is -0.328 e. The average molecular weight is 269 g/mol. The van der Waals surface area contributed by atoms with Gasteiger partial charge in [0.15, 0.2) is 0 Å². The second-order valence-corrected chi connectivity index (χ2v) is 7.32. The molecular weight excluding hydrogens is 246 g/mol. The van der Waals surface area contributed by atoms with Crippen molar-refractivity contribution in [2.45, 2.75) is 38.6 Å². The maximum absolute atomic E-state index is 11.0. The van der Waals surface area contributed by atoms with Gasteiger partial charge >= 0.3 is 0 Å². The highest BCUT2D eigenvalue weighted by molar-refractivity contribution is 7.90. The molecule has 2 N–H and O–H groups in total. The maximum atomic E-state index is 11.0. The molecule has 0 aliphatic carbocycles. The lowest BCUT2D eigenvalue weighted by molar-refractivity contribution is 0.553. The first kappa shape index (κ1) is 15.2. The molecule has 1 unspecified atom stereocenters. The van der Waals surface area contributed by atoms with E-state index < -0.39 is 9.84 Å². The number of hydrogen-bond donors (Lipinski definition) is 1. The molecule has 0 saturated carbocycles. The van der Waals surface area contributed by atoms with E-state index in [4.69, 9.17) is 5.73 Å². The van der Waals surface area contributed by atoms with Gasteiger partial charge in [0, 0.05) is 18.1 Å². The van der Waals surface area contributed by atoms with Gasteiger partial charge in [0.05, 0.1) is 0 Å². The molecule has 1 aromatic rings. The molecule has 102 valence electrons. The largest absolute Gasteiger partial charge is 0.328 e. The molecule has 1 atom stereocenters. The van der Waals surface area contributed by atoms with Crippen molar-refractivity contribution in [1.29, 1.82) is 0 Å². The summed E-state index contributed by atoms with van der Waals surface area (Å²) in [4.78, 5) is 0. The van der Waals surface area contributed by atoms with Crippen LogP contribution in [-0.4, -0.2) is 26.5 Å². The molecule has 1 aromatic carbocycles. The van der Waals surface area contributed by atoms with Gasteiger partial charge in [0.2, 0.25) is 0 Å². The minimum absolute atomic E-state index is 0.0908. The van der Waals surface area contributed by atoms with E-state index in [0.717, 1.165) is 19.3 Å². The number of rotatable bonds is 7. The predicted molar refractivity (Wildman–Crippen MR) is 76.4 cm³/mol. The fourth-order valence-corrected chi connectivity index (χ4v) is 2.55. The van der Waals surface area contributed by atoms with E-state index in [1.54, 1.807) is 0 Å². The molecule has 4 heteroatoms. The van der Waals surface area contributed by atoms with Crippen molar-refractivity contribution in [3.63, 3.8) is 0 Å². The molecule has 18 heavy (non-hydrogen) atoms. The van der Waals surface area contributed by atoms with Gasteiger partial charge in [0.25, 0.3) is 0 Å². The molecule has 1 rings (SSSR count). The highest BCUT2D eigenvalue weighted by Gasteiger charge is 2.06. The van der Waals surface area contributed by atoms with E-state index in [-0.39, 0.29) is 11.8 Å². The summed E-state index contributed by atoms with van der Waals surface area (Å²) < 4.78 is 22.0. The molecule has 0 heterocycles. The molecule has 0 bridgehead atoms. The summed E-state index contributed by atoms with van der Waals surface area (Å²) in [6.07, 6.45) is 4.57. The molecule has 0 radical (unpaired) electrons. The van der Waals surface area contributed by atoms with Crippen LogP contribution in [0.5, 0.6) is 0 Å². The van der Waals surface area contributed by atoms with Gasteiger partial charge in [-0.3, -0.25) is 0 Å². The zero-order valence-electron chi connectivity index (χ0n) is 11.2. The van der Waals surface area contributed by atoms with Crippen LogP contribution in [0.15, 0.2) is 24.3 Å². The molecule has 0 aliphatic heterocycles. The summed E-state index contributed by atoms with van der Waals surface area (Å²) >= 11 is 0. The lowest BCUT2D eigenvalue weighted by Gasteiger charge is -2.11. The molecule has 0 aromatic heterocycles. The van der Waals surface area contributed by atoms with Crippen LogP contribution in [0.3, 0.4) is 0 Å². The zero-order valence-corrected chi connectivity index (χ0v) is 12.0. The first-order valence-corrected chi connectivity index (χ1v) is 8.42. The zero-order chi connectivity index (χ0) is 13.6. The number of nitrogens with two attached hydrogens (primary N) is 1. The lowest BCUT2D eigenvalue weighted by atomic mass is 10.0. The standard InChI is InChI=1S/C14H23NO2S/c1-12-5-7-13(8-6-12)9-10-14(15)4-3-11-18(2,16)17/h5-8,14H,3-4,9-11,15H2,1-2H3. The van der Waals surface area contributed by atoms with Crippen molar-refractivity contribution in [2.75, 3.05) is 12.0 Å². The molecule has 3 nitrogen and oxygen atoms in total. The Bertz CT molecular complexity index is 451. The lowest BCUT2D eigenvalue weighted by Crippen LogP contribution is -2.21. The van der Waals surface area contributed by atoms with Gasteiger partial charge in [-0.2, -0.15) is 0 Å². The van der Waals surface area contributed by atoms with Crippen LogP contribution in [0.4, 0.5) is 0 Å². The summed E-state index contributed by atoms with van der Waals surface area (Å²) in [7, 11) is -2.85. The maximum Gasteiger partial charge on any atom is 0.147 e. The van der Waals surface area contributed by atoms with Crippen molar-refractivity contribution in [1.82, 2.24) is 0 Å². The van der Waals surface area contributed by atoms with Gasteiger partial charge in [0.1, 0.15) is 9.84 Å². The Morgan fingerprint density at radius 1 is 1.17 bits per heavy atom. The SMILES string of the molecule is Cc1ccc(CCC(N)CCCS(C)(=O)=O)cc1. The van der Waals surface area contributed by atoms with Crippen LogP contribution in [-0.2, 0) is 16.3 Å². The molecule has 0 amide bonds. The van der Waals surface area contributed by atoms with Crippen molar-refractivity contribution < 1.29 is 8.42 Å². The summed E-state index contributed by atoms with van der Waals surface area (Å²) in [5.41, 5.74) is 8.54. The van der Waals surface area contributed by atoms with Crippen molar-refractivity contribution in [3.8, 4) is 0 Å². The molecular formula is C14H23NO2S. The van der Waals surface area contributed by atoms with E-state index in [0.29, 0.717) is 6.42 Å². The highest BCUT2D eigenvalue weighted by atomic mass is 32.2. The Balaban J connectivity index is 2.24. The van der Waals surface area contributed by atoms with Crippen LogP contribution in [0.1, 0.15) is 30.4 Å². The second-order valence-electron chi connectivity index (χ2n) is 5.06. The smallest absolute Gasteiger partial charge is 0.147 e. The van der Waals surface area contributed by atoms with Crippen LogP contribution >= 0.6 is 0 Å². The number of sulfone groups is 1. The monoisotopic (exact) mass is 269 g/mol. The predicted octanol–water partition coefficient (Wildman–Crippen LogP) is 2.08. The molecule has 0 fully saturated rings. The average Bonchev–Trinajstić information content (AvgIpc) is 2.26. The summed E-state index contributed by atoms with van der Waals surface area (Å²) in [6.45, 7) is 2.07. The van der Waals surface area contributed by atoms with E-state index in [1.807, 2.05) is 0 Å². The van der Waals surface area contributed by atoms with Crippen molar-refractivity contribution >= 4 is 9.84 Å². The third-order valence-electron chi connectivity index (χ3n) is 3.01. The summed E-state index contributed by atoms with van der Waals surface area (Å²) in [5.74, 6) is 0.241. The normalized spacial score (nSPS) is 13.5. The van der Waals surface area contributed by atoms with Crippen molar-refractivity contribution in [3.05, 3.63) is 35.4 Å². The first-order valence-electron chi connectivity index (χ1n) is 6.36. The van der Waals surface area contributed by atoms with Crippen molar-refractivity contribution in [2.24, 2.45) is 5.73 Å². The quantitative estimate of drug-likeness (QED) is 0.824. The minimum atomic E-state index is -2.85. The second kappa shape index (κ2) is 6.90. The van der Waals surface area contributed by atoms with Gasteiger partial charge in [-0.1, -0.05) is 29.8 Å². The van der Waals surface area contributed by atoms with E-state index >= 15 is 0 Å². The number of hydrogen-bond acceptors (Lipinski definition) is 3. The van der Waals surface area contributed by atoms with Crippen LogP contribution in [0.25, 0.3) is 0 Å². The summed E-state index contributed by atoms with van der Waals surface area (Å²) in [6, 6.07) is 8.54. The van der Waals surface area contributed by atoms with Crippen LogP contribution < -0.4 is 5.73 Å². The first-order chi connectivity index (χ1) is 8.37. The van der Waals surface area contributed by atoms with Gasteiger partial charge < -0.3 is 5.73 Å². The van der Waals surface area contributed by atoms with E-state index in [2.05, 4.69) is 31.2 Å². The Labute approximate surface area is 110 Å². The third-order valence-corrected chi connectivity index (χ3v) is 4.04.